The zero-order valence-corrected chi connectivity index (χ0v) is 22.7. The Hall–Kier alpha value is -2.46. The van der Waals surface area contributed by atoms with Gasteiger partial charge >= 0.3 is 16.4 Å². The molecule has 4 aliphatic heterocycles. The van der Waals surface area contributed by atoms with Crippen molar-refractivity contribution in [2.45, 2.75) is 69.6 Å². The molecule has 2 bridgehead atoms. The van der Waals surface area contributed by atoms with Crippen molar-refractivity contribution in [2.75, 3.05) is 26.2 Å². The number of hydrogen-bond donors (Lipinski definition) is 2. The first-order valence-electron chi connectivity index (χ1n) is 13.9. The summed E-state index contributed by atoms with van der Waals surface area (Å²) in [4.78, 5) is 17.6. The third-order valence-electron chi connectivity index (χ3n) is 8.40. The fourth-order valence-corrected chi connectivity index (χ4v) is 7.09. The topological polar surface area (TPSA) is 99.2 Å². The van der Waals surface area contributed by atoms with Crippen LogP contribution in [0.4, 0.5) is 4.79 Å². The molecule has 0 radical (unpaired) electrons. The lowest BCUT2D eigenvalue weighted by Crippen LogP contribution is -2.53. The molecule has 0 spiro atoms. The van der Waals surface area contributed by atoms with Crippen LogP contribution in [0.1, 0.15) is 67.7 Å². The minimum Gasteiger partial charge on any atom is -0.444 e. The first kappa shape index (κ1) is 27.1. The molecule has 1 amide bonds. The fraction of sp³-hybridized carbons (Fsp3) is 0.552. The predicted octanol–water partition coefficient (Wildman–Crippen LogP) is 4.58. The molecule has 206 valence electrons. The van der Waals surface area contributed by atoms with E-state index in [-0.39, 0.29) is 24.3 Å². The summed E-state index contributed by atoms with van der Waals surface area (Å²) in [5.74, 6) is 0.534. The highest BCUT2D eigenvalue weighted by atomic mass is 32.2. The molecule has 4 fully saturated rings. The third kappa shape index (κ3) is 6.75. The molecular formula is C29H39N3O5S. The average Bonchev–Trinajstić information content (AvgIpc) is 2.93. The van der Waals surface area contributed by atoms with E-state index in [0.29, 0.717) is 12.5 Å². The second-order valence-corrected chi connectivity index (χ2v) is 12.1. The molecule has 38 heavy (non-hydrogen) atoms. The Morgan fingerprint density at radius 2 is 1.58 bits per heavy atom. The van der Waals surface area contributed by atoms with Crippen molar-refractivity contribution >= 4 is 16.4 Å². The van der Waals surface area contributed by atoms with Crippen LogP contribution in [0.25, 0.3) is 0 Å². The van der Waals surface area contributed by atoms with E-state index in [2.05, 4.69) is 46.0 Å². The minimum absolute atomic E-state index is 0.0428. The van der Waals surface area contributed by atoms with Gasteiger partial charge in [-0.05, 0) is 67.8 Å². The Bertz CT molecular complexity index is 1180. The number of nitrogens with one attached hydrogen (secondary N) is 1. The van der Waals surface area contributed by atoms with Gasteiger partial charge in [0.1, 0.15) is 6.10 Å². The van der Waals surface area contributed by atoms with Gasteiger partial charge in [0, 0.05) is 19.1 Å². The number of hydrogen-bond acceptors (Lipinski definition) is 5. The number of nitrogens with zero attached hydrogens (tertiary/aromatic N) is 2. The molecular weight excluding hydrogens is 502 g/mol. The van der Waals surface area contributed by atoms with Gasteiger partial charge in [0.15, 0.2) is 0 Å². The van der Waals surface area contributed by atoms with Gasteiger partial charge in [0.2, 0.25) is 0 Å². The van der Waals surface area contributed by atoms with Crippen LogP contribution in [-0.2, 0) is 21.5 Å². The Labute approximate surface area is 226 Å². The van der Waals surface area contributed by atoms with Gasteiger partial charge in [0.25, 0.3) is 0 Å². The highest BCUT2D eigenvalue weighted by Gasteiger charge is 2.39. The number of rotatable bonds is 4. The monoisotopic (exact) mass is 541 g/mol. The van der Waals surface area contributed by atoms with Crippen molar-refractivity contribution < 1.29 is 22.5 Å². The standard InChI is InChI=1S/C23H26N2O2.C6H13NO3S/c26-23(27-21-16-24-13-10-18(21)11-14-24)25-15-12-17-6-4-5-9-20(17)22(25)19-7-2-1-3-8-19;8-11(9,10)7-6-4-2-1-3-5-6/h1-9,18,21-22H,10-16H2;6-7H,1-5H2,(H,8,9,10)/t21-,22+;/m0./s1. The molecule has 4 heterocycles. The Morgan fingerprint density at radius 1 is 0.895 bits per heavy atom. The zero-order chi connectivity index (χ0) is 26.5. The molecule has 2 aromatic rings. The number of carbonyl (C=O) groups is 1. The third-order valence-corrected chi connectivity index (χ3v) is 9.03. The summed E-state index contributed by atoms with van der Waals surface area (Å²) >= 11 is 0. The Kier molecular flexibility index (Phi) is 8.67. The van der Waals surface area contributed by atoms with Crippen molar-refractivity contribution in [3.63, 3.8) is 0 Å². The predicted molar refractivity (Wildman–Crippen MR) is 146 cm³/mol. The van der Waals surface area contributed by atoms with E-state index in [1.165, 1.54) is 17.5 Å². The molecule has 3 saturated heterocycles. The molecule has 2 atom stereocenters. The number of ether oxygens (including phenoxy) is 1. The number of amides is 1. The molecule has 0 aromatic heterocycles. The van der Waals surface area contributed by atoms with Crippen LogP contribution in [0.15, 0.2) is 54.6 Å². The lowest BCUT2D eigenvalue weighted by Gasteiger charge is -2.45. The summed E-state index contributed by atoms with van der Waals surface area (Å²) in [5.41, 5.74) is 3.70. The number of carbonyl (C=O) groups excluding carboxylic acids is 1. The molecule has 1 aliphatic carbocycles. The van der Waals surface area contributed by atoms with Gasteiger partial charge in [-0.25, -0.2) is 4.79 Å². The van der Waals surface area contributed by atoms with Crippen molar-refractivity contribution in [1.82, 2.24) is 14.5 Å². The summed E-state index contributed by atoms with van der Waals surface area (Å²) in [5, 5.41) is 0. The van der Waals surface area contributed by atoms with Gasteiger partial charge in [-0.3, -0.25) is 14.4 Å². The molecule has 0 unspecified atom stereocenters. The maximum Gasteiger partial charge on any atom is 0.410 e. The zero-order valence-electron chi connectivity index (χ0n) is 21.9. The van der Waals surface area contributed by atoms with Crippen LogP contribution in [0.5, 0.6) is 0 Å². The van der Waals surface area contributed by atoms with E-state index >= 15 is 0 Å². The van der Waals surface area contributed by atoms with Crippen molar-refractivity contribution in [1.29, 1.82) is 0 Å². The average molecular weight is 542 g/mol. The van der Waals surface area contributed by atoms with Crippen LogP contribution in [-0.4, -0.2) is 67.2 Å². The first-order valence-corrected chi connectivity index (χ1v) is 15.4. The Balaban J connectivity index is 0.000000226. The largest absolute Gasteiger partial charge is 0.444 e. The van der Waals surface area contributed by atoms with Crippen LogP contribution >= 0.6 is 0 Å². The van der Waals surface area contributed by atoms with Crippen LogP contribution in [0.2, 0.25) is 0 Å². The molecule has 2 aromatic carbocycles. The molecule has 2 N–H and O–H groups in total. The maximum atomic E-state index is 13.2. The maximum absolute atomic E-state index is 13.2. The van der Waals surface area contributed by atoms with E-state index in [1.54, 1.807) is 0 Å². The highest BCUT2D eigenvalue weighted by molar-refractivity contribution is 7.83. The molecule has 7 rings (SSSR count). The molecule has 9 heteroatoms. The van der Waals surface area contributed by atoms with Crippen molar-refractivity contribution in [2.24, 2.45) is 5.92 Å². The van der Waals surface area contributed by atoms with Gasteiger partial charge in [-0.1, -0.05) is 73.9 Å². The van der Waals surface area contributed by atoms with Gasteiger partial charge < -0.3 is 4.74 Å². The highest BCUT2D eigenvalue weighted by Crippen LogP contribution is 2.37. The van der Waals surface area contributed by atoms with Gasteiger partial charge in [-0.15, -0.1) is 0 Å². The summed E-state index contributed by atoms with van der Waals surface area (Å²) < 4.78 is 37.4. The lowest BCUT2D eigenvalue weighted by molar-refractivity contribution is -0.0462. The van der Waals surface area contributed by atoms with Crippen molar-refractivity contribution in [3.05, 3.63) is 71.3 Å². The quantitative estimate of drug-likeness (QED) is 0.550. The van der Waals surface area contributed by atoms with E-state index in [4.69, 9.17) is 9.29 Å². The van der Waals surface area contributed by atoms with Crippen LogP contribution in [0.3, 0.4) is 0 Å². The molecule has 1 saturated carbocycles. The van der Waals surface area contributed by atoms with E-state index in [1.807, 2.05) is 23.1 Å². The summed E-state index contributed by atoms with van der Waals surface area (Å²) in [7, 11) is -3.97. The second-order valence-electron chi connectivity index (χ2n) is 10.9. The second kappa shape index (κ2) is 12.2. The first-order chi connectivity index (χ1) is 18.4. The van der Waals surface area contributed by atoms with Crippen LogP contribution < -0.4 is 4.72 Å². The van der Waals surface area contributed by atoms with Crippen molar-refractivity contribution in [3.8, 4) is 0 Å². The summed E-state index contributed by atoms with van der Waals surface area (Å²) in [6.45, 7) is 3.91. The SMILES string of the molecule is O=C(O[C@H]1CN2CCC1CC2)N1CCc2ccccc2[C@H]1c1ccccc1.O=S(=O)(O)NC1CCCCC1. The smallest absolute Gasteiger partial charge is 0.410 e. The summed E-state index contributed by atoms with van der Waals surface area (Å²) in [6.07, 6.45) is 8.05. The van der Waals surface area contributed by atoms with E-state index in [9.17, 15) is 13.2 Å². The van der Waals surface area contributed by atoms with E-state index in [0.717, 1.165) is 70.1 Å². The normalized spacial score (nSPS) is 27.1. The number of fused-ring (bicyclic) bond motifs is 4. The lowest BCUT2D eigenvalue weighted by atomic mass is 9.86. The molecule has 8 nitrogen and oxygen atoms in total. The fourth-order valence-electron chi connectivity index (χ4n) is 6.43. The number of benzene rings is 2. The van der Waals surface area contributed by atoms with Gasteiger partial charge in [0.05, 0.1) is 6.04 Å². The summed E-state index contributed by atoms with van der Waals surface area (Å²) in [6, 6.07) is 18.7. The number of piperidine rings is 3. The molecule has 5 aliphatic rings. The minimum atomic E-state index is -3.97. The van der Waals surface area contributed by atoms with Gasteiger partial charge in [-0.2, -0.15) is 13.1 Å². The van der Waals surface area contributed by atoms with Crippen LogP contribution in [0, 0.1) is 5.92 Å². The van der Waals surface area contributed by atoms with E-state index < -0.39 is 10.3 Å². The Morgan fingerprint density at radius 3 is 2.24 bits per heavy atom.